The predicted octanol–water partition coefficient (Wildman–Crippen LogP) is 1.65. The van der Waals surface area contributed by atoms with Crippen molar-refractivity contribution in [1.29, 1.82) is 0 Å². The number of nitrogens with one attached hydrogen (secondary N) is 1. The molecule has 0 fully saturated rings. The van der Waals surface area contributed by atoms with Gasteiger partial charge in [0.15, 0.2) is 16.6 Å². The maximum atomic E-state index is 5.50. The quantitative estimate of drug-likeness (QED) is 0.466. The second-order valence-electron chi connectivity index (χ2n) is 3.31. The molecule has 0 spiro atoms. The second kappa shape index (κ2) is 7.50. The molecule has 0 heterocycles. The maximum Gasteiger partial charge on any atom is 0.184 e. The average molecular weight is 267 g/mol. The Hall–Kier alpha value is -1.82. The van der Waals surface area contributed by atoms with Gasteiger partial charge in [-0.15, -0.1) is 0 Å². The molecule has 0 aliphatic heterocycles. The minimum atomic E-state index is 0.127. The Kier molecular flexibility index (Phi) is 5.93. The number of rotatable bonds is 6. The van der Waals surface area contributed by atoms with Gasteiger partial charge in [0, 0.05) is 0 Å². The largest absolute Gasteiger partial charge is 0.490 e. The van der Waals surface area contributed by atoms with Gasteiger partial charge in [-0.1, -0.05) is 0 Å². The van der Waals surface area contributed by atoms with E-state index in [2.05, 4.69) is 22.7 Å². The Labute approximate surface area is 112 Å². The van der Waals surface area contributed by atoms with Gasteiger partial charge in [0.1, 0.15) is 0 Å². The third-order valence-electron chi connectivity index (χ3n) is 1.96. The first-order valence-corrected chi connectivity index (χ1v) is 6.06. The lowest BCUT2D eigenvalue weighted by Crippen LogP contribution is -2.23. The van der Waals surface area contributed by atoms with Crippen molar-refractivity contribution in [2.24, 2.45) is 10.8 Å². The summed E-state index contributed by atoms with van der Waals surface area (Å²) in [6, 6.07) is 5.56. The van der Waals surface area contributed by atoms with E-state index in [1.54, 1.807) is 6.21 Å². The van der Waals surface area contributed by atoms with E-state index >= 15 is 0 Å². The third-order valence-corrected chi connectivity index (χ3v) is 2.05. The number of hydrazone groups is 1. The molecule has 3 N–H and O–H groups in total. The summed E-state index contributed by atoms with van der Waals surface area (Å²) in [5, 5.41) is 4.01. The molecular weight excluding hydrogens is 250 g/mol. The summed E-state index contributed by atoms with van der Waals surface area (Å²) < 4.78 is 11.0. The van der Waals surface area contributed by atoms with Crippen LogP contribution in [0.1, 0.15) is 19.4 Å². The van der Waals surface area contributed by atoms with Crippen LogP contribution in [0.4, 0.5) is 0 Å². The molecule has 0 atom stereocenters. The van der Waals surface area contributed by atoms with Crippen LogP contribution < -0.4 is 20.6 Å². The fourth-order valence-electron chi connectivity index (χ4n) is 1.32. The van der Waals surface area contributed by atoms with Gasteiger partial charge >= 0.3 is 0 Å². The molecule has 5 nitrogen and oxygen atoms in total. The van der Waals surface area contributed by atoms with Gasteiger partial charge in [-0.3, -0.25) is 5.43 Å². The third kappa shape index (κ3) is 4.58. The zero-order valence-electron chi connectivity index (χ0n) is 10.5. The topological polar surface area (TPSA) is 68.9 Å². The van der Waals surface area contributed by atoms with E-state index < -0.39 is 0 Å². The Morgan fingerprint density at radius 2 is 2.00 bits per heavy atom. The first-order chi connectivity index (χ1) is 8.67. The molecule has 1 rings (SSSR count). The van der Waals surface area contributed by atoms with Crippen molar-refractivity contribution in [3.05, 3.63) is 23.8 Å². The number of thiocarbonyl (C=S) groups is 1. The Morgan fingerprint density at radius 1 is 1.33 bits per heavy atom. The molecule has 0 aliphatic carbocycles. The van der Waals surface area contributed by atoms with Gasteiger partial charge < -0.3 is 15.2 Å². The number of ether oxygens (including phenoxy) is 2. The lowest BCUT2D eigenvalue weighted by molar-refractivity contribution is 0.288. The molecule has 0 aliphatic rings. The normalized spacial score (nSPS) is 10.3. The summed E-state index contributed by atoms with van der Waals surface area (Å²) in [6.45, 7) is 5.02. The molecule has 0 saturated heterocycles. The molecule has 1 aromatic rings. The number of benzene rings is 1. The monoisotopic (exact) mass is 267 g/mol. The fraction of sp³-hybridized carbons (Fsp3) is 0.333. The van der Waals surface area contributed by atoms with Crippen molar-refractivity contribution in [3.8, 4) is 11.5 Å². The average Bonchev–Trinajstić information content (AvgIpc) is 2.32. The Bertz CT molecular complexity index is 435. The van der Waals surface area contributed by atoms with Crippen LogP contribution in [0.25, 0.3) is 0 Å². The summed E-state index contributed by atoms with van der Waals surface area (Å²) >= 11 is 4.64. The molecule has 0 saturated carbocycles. The summed E-state index contributed by atoms with van der Waals surface area (Å²) in [5.74, 6) is 1.41. The summed E-state index contributed by atoms with van der Waals surface area (Å²) in [4.78, 5) is 0. The lowest BCUT2D eigenvalue weighted by Gasteiger charge is -2.11. The standard InChI is InChI=1S/C12H17N3O2S/c1-3-16-10-6-5-9(7-11(10)17-4-2)8-14-15-12(13)18/h5-8H,3-4H2,1-2H3,(H3,13,15,18). The van der Waals surface area contributed by atoms with Gasteiger partial charge in [-0.05, 0) is 49.8 Å². The molecule has 0 bridgehead atoms. The zero-order valence-corrected chi connectivity index (χ0v) is 11.3. The van der Waals surface area contributed by atoms with Crippen LogP contribution in [-0.4, -0.2) is 24.5 Å². The smallest absolute Gasteiger partial charge is 0.184 e. The first-order valence-electron chi connectivity index (χ1n) is 5.65. The highest BCUT2D eigenvalue weighted by Gasteiger charge is 2.04. The van der Waals surface area contributed by atoms with E-state index in [4.69, 9.17) is 15.2 Å². The highest BCUT2D eigenvalue weighted by Crippen LogP contribution is 2.27. The zero-order chi connectivity index (χ0) is 13.4. The highest BCUT2D eigenvalue weighted by atomic mass is 32.1. The summed E-state index contributed by atoms with van der Waals surface area (Å²) in [5.41, 5.74) is 8.62. The van der Waals surface area contributed by atoms with Crippen LogP contribution in [0.2, 0.25) is 0 Å². The summed E-state index contributed by atoms with van der Waals surface area (Å²) in [6.07, 6.45) is 1.61. The van der Waals surface area contributed by atoms with Gasteiger partial charge in [0.2, 0.25) is 0 Å². The van der Waals surface area contributed by atoms with Crippen LogP contribution in [0.15, 0.2) is 23.3 Å². The van der Waals surface area contributed by atoms with Crippen molar-refractivity contribution < 1.29 is 9.47 Å². The van der Waals surface area contributed by atoms with Gasteiger partial charge in [0.25, 0.3) is 0 Å². The van der Waals surface area contributed by atoms with Crippen LogP contribution >= 0.6 is 12.2 Å². The maximum absolute atomic E-state index is 5.50. The van der Waals surface area contributed by atoms with Crippen LogP contribution in [0, 0.1) is 0 Å². The first kappa shape index (κ1) is 14.2. The SMILES string of the molecule is CCOc1ccc(C=NNC(N)=S)cc1OCC. The van der Waals surface area contributed by atoms with E-state index in [9.17, 15) is 0 Å². The predicted molar refractivity (Wildman–Crippen MR) is 76.3 cm³/mol. The highest BCUT2D eigenvalue weighted by molar-refractivity contribution is 7.80. The number of hydrogen-bond donors (Lipinski definition) is 2. The minimum Gasteiger partial charge on any atom is -0.490 e. The van der Waals surface area contributed by atoms with Crippen molar-refractivity contribution in [3.63, 3.8) is 0 Å². The lowest BCUT2D eigenvalue weighted by atomic mass is 10.2. The molecule has 0 amide bonds. The molecule has 98 valence electrons. The van der Waals surface area contributed by atoms with E-state index in [0.717, 1.165) is 11.3 Å². The molecule has 0 aromatic heterocycles. The number of nitrogens with two attached hydrogens (primary N) is 1. The number of nitrogens with zero attached hydrogens (tertiary/aromatic N) is 1. The molecule has 6 heteroatoms. The van der Waals surface area contributed by atoms with Crippen molar-refractivity contribution >= 4 is 23.5 Å². The van der Waals surface area contributed by atoms with E-state index in [-0.39, 0.29) is 5.11 Å². The van der Waals surface area contributed by atoms with Crippen molar-refractivity contribution in [2.45, 2.75) is 13.8 Å². The fourth-order valence-corrected chi connectivity index (χ4v) is 1.37. The Balaban J connectivity index is 2.84. The summed E-state index contributed by atoms with van der Waals surface area (Å²) in [7, 11) is 0. The molecule has 0 unspecified atom stereocenters. The molecule has 0 radical (unpaired) electrons. The second-order valence-corrected chi connectivity index (χ2v) is 3.75. The van der Waals surface area contributed by atoms with Crippen LogP contribution in [0.5, 0.6) is 11.5 Å². The van der Waals surface area contributed by atoms with Crippen LogP contribution in [-0.2, 0) is 0 Å². The van der Waals surface area contributed by atoms with E-state index in [1.807, 2.05) is 32.0 Å². The minimum absolute atomic E-state index is 0.127. The molecular formula is C12H17N3O2S. The van der Waals surface area contributed by atoms with E-state index in [0.29, 0.717) is 19.0 Å². The molecule has 18 heavy (non-hydrogen) atoms. The van der Waals surface area contributed by atoms with Crippen LogP contribution in [0.3, 0.4) is 0 Å². The molecule has 1 aromatic carbocycles. The number of hydrogen-bond acceptors (Lipinski definition) is 4. The van der Waals surface area contributed by atoms with Gasteiger partial charge in [-0.2, -0.15) is 5.10 Å². The van der Waals surface area contributed by atoms with Gasteiger partial charge in [0.05, 0.1) is 19.4 Å². The van der Waals surface area contributed by atoms with Crippen molar-refractivity contribution in [1.82, 2.24) is 5.43 Å². The Morgan fingerprint density at radius 3 is 2.61 bits per heavy atom. The van der Waals surface area contributed by atoms with E-state index in [1.165, 1.54) is 0 Å². The van der Waals surface area contributed by atoms with Gasteiger partial charge in [-0.25, -0.2) is 0 Å². The van der Waals surface area contributed by atoms with Crippen molar-refractivity contribution in [2.75, 3.05) is 13.2 Å².